The van der Waals surface area contributed by atoms with Gasteiger partial charge >= 0.3 is 4.08 Å². The lowest BCUT2D eigenvalue weighted by molar-refractivity contribution is -0.175. The molecule has 0 amide bonds. The maximum Gasteiger partial charge on any atom is 0.306 e. The van der Waals surface area contributed by atoms with Gasteiger partial charge < -0.3 is 9.47 Å². The summed E-state index contributed by atoms with van der Waals surface area (Å²) in [5, 5.41) is -0.507. The van der Waals surface area contributed by atoms with E-state index in [-0.39, 0.29) is 5.56 Å². The van der Waals surface area contributed by atoms with Gasteiger partial charge in [-0.05, 0) is 11.6 Å². The summed E-state index contributed by atoms with van der Waals surface area (Å²) < 4.78 is 75.8. The molecule has 0 saturated heterocycles. The third-order valence-electron chi connectivity index (χ3n) is 3.88. The topological polar surface area (TPSA) is 127 Å². The molecule has 0 aromatic heterocycles. The highest BCUT2D eigenvalue weighted by Crippen LogP contribution is 2.54. The Kier molecular flexibility index (Phi) is 5.19. The van der Waals surface area contributed by atoms with Crippen LogP contribution in [0.4, 0.5) is 0 Å². The molecule has 1 aliphatic rings. The molecule has 0 atom stereocenters. The molecule has 0 saturated carbocycles. The van der Waals surface area contributed by atoms with Crippen molar-refractivity contribution in [3.63, 3.8) is 0 Å². The maximum atomic E-state index is 12.3. The molecule has 138 valence electrons. The van der Waals surface area contributed by atoms with Gasteiger partial charge in [0.2, 0.25) is 5.79 Å². The van der Waals surface area contributed by atoms with E-state index in [1.807, 2.05) is 0 Å². The number of methoxy groups -OCH3 is 2. The van der Waals surface area contributed by atoms with Crippen molar-refractivity contribution in [2.24, 2.45) is 0 Å². The van der Waals surface area contributed by atoms with Gasteiger partial charge in [-0.2, -0.15) is 16.8 Å². The Morgan fingerprint density at radius 3 is 1.80 bits per heavy atom. The lowest BCUT2D eigenvalue weighted by Gasteiger charge is -2.45. The van der Waals surface area contributed by atoms with Crippen LogP contribution in [0.1, 0.15) is 5.56 Å². The van der Waals surface area contributed by atoms with Gasteiger partial charge in [0.15, 0.2) is 0 Å². The second-order valence-electron chi connectivity index (χ2n) is 5.05. The first kappa shape index (κ1) is 20.0. The molecule has 8 nitrogen and oxygen atoms in total. The SMILES string of the molecule is COC1(OC)C(Cl)=CC=C(c2ccccc2)C1(S(=O)(=O)O)S(=O)(=O)O. The molecule has 2 N–H and O–H groups in total. The van der Waals surface area contributed by atoms with E-state index in [2.05, 4.69) is 0 Å². The Morgan fingerprint density at radius 1 is 0.920 bits per heavy atom. The molecule has 0 spiro atoms. The standard InChI is InChI=1S/C14H15ClO8S2/c1-22-13(23-2)12(15)9-8-11(10-6-4-3-5-7-10)14(13,24(16,17)18)25(19,20)21/h3-9H,1-2H3,(H,16,17,18)(H,19,20,21). The van der Waals surface area contributed by atoms with Crippen LogP contribution in [0.2, 0.25) is 0 Å². The average Bonchev–Trinajstić information content (AvgIpc) is 2.53. The molecule has 25 heavy (non-hydrogen) atoms. The van der Waals surface area contributed by atoms with Crippen molar-refractivity contribution in [2.75, 3.05) is 14.2 Å². The number of allylic oxidation sites excluding steroid dienone is 2. The quantitative estimate of drug-likeness (QED) is 0.554. The van der Waals surface area contributed by atoms with Gasteiger partial charge in [0.25, 0.3) is 20.2 Å². The molecule has 0 unspecified atom stereocenters. The molecule has 0 aliphatic heterocycles. The van der Waals surface area contributed by atoms with Crippen molar-refractivity contribution in [3.8, 4) is 0 Å². The van der Waals surface area contributed by atoms with Gasteiger partial charge in [0.05, 0.1) is 5.03 Å². The van der Waals surface area contributed by atoms with E-state index < -0.39 is 40.7 Å². The Labute approximate surface area is 150 Å². The predicted molar refractivity (Wildman–Crippen MR) is 90.9 cm³/mol. The summed E-state index contributed by atoms with van der Waals surface area (Å²) in [5.74, 6) is -2.74. The summed E-state index contributed by atoms with van der Waals surface area (Å²) in [6.45, 7) is 0. The van der Waals surface area contributed by atoms with Gasteiger partial charge in [0.1, 0.15) is 0 Å². The summed E-state index contributed by atoms with van der Waals surface area (Å²) in [5.41, 5.74) is -0.414. The predicted octanol–water partition coefficient (Wildman–Crippen LogP) is 1.67. The fourth-order valence-electron chi connectivity index (χ4n) is 2.91. The van der Waals surface area contributed by atoms with Crippen LogP contribution in [0.5, 0.6) is 0 Å². The second-order valence-corrected chi connectivity index (χ2v) is 8.84. The maximum absolute atomic E-state index is 12.3. The van der Waals surface area contributed by atoms with Crippen molar-refractivity contribution < 1.29 is 35.4 Å². The molecule has 0 heterocycles. The first-order chi connectivity index (χ1) is 11.5. The molecular formula is C14H15ClO8S2. The number of hydrogen-bond donors (Lipinski definition) is 2. The summed E-state index contributed by atoms with van der Waals surface area (Å²) in [4.78, 5) is 0. The molecular weight excluding hydrogens is 396 g/mol. The molecule has 0 fully saturated rings. The van der Waals surface area contributed by atoms with Gasteiger partial charge in [-0.25, -0.2) is 0 Å². The van der Waals surface area contributed by atoms with Crippen LogP contribution in [-0.2, 0) is 29.7 Å². The number of benzene rings is 1. The van der Waals surface area contributed by atoms with Crippen LogP contribution in [0.25, 0.3) is 5.57 Å². The van der Waals surface area contributed by atoms with Gasteiger partial charge in [-0.1, -0.05) is 48.0 Å². The van der Waals surface area contributed by atoms with E-state index in [1.165, 1.54) is 24.3 Å². The minimum atomic E-state index is -5.59. The van der Waals surface area contributed by atoms with Gasteiger partial charge in [-0.3, -0.25) is 9.11 Å². The Hall–Kier alpha value is -1.27. The largest absolute Gasteiger partial charge is 0.346 e. The zero-order valence-electron chi connectivity index (χ0n) is 13.1. The van der Waals surface area contributed by atoms with E-state index in [9.17, 15) is 25.9 Å². The Balaban J connectivity index is 3.11. The van der Waals surface area contributed by atoms with Crippen LogP contribution in [0.3, 0.4) is 0 Å². The normalized spacial score (nSPS) is 19.9. The van der Waals surface area contributed by atoms with Crippen molar-refractivity contribution >= 4 is 37.4 Å². The lowest BCUT2D eigenvalue weighted by Crippen LogP contribution is -2.66. The zero-order valence-corrected chi connectivity index (χ0v) is 15.5. The van der Waals surface area contributed by atoms with Crippen LogP contribution < -0.4 is 0 Å². The smallest absolute Gasteiger partial charge is 0.306 e. The minimum absolute atomic E-state index is 0.0802. The van der Waals surface area contributed by atoms with Crippen molar-refractivity contribution in [1.82, 2.24) is 0 Å². The second kappa shape index (κ2) is 6.47. The third kappa shape index (κ3) is 2.65. The number of hydrogen-bond acceptors (Lipinski definition) is 6. The van der Waals surface area contributed by atoms with Gasteiger partial charge in [0, 0.05) is 19.8 Å². The summed E-state index contributed by atoms with van der Waals surface area (Å²) >= 11 is 6.00. The molecule has 0 bridgehead atoms. The summed E-state index contributed by atoms with van der Waals surface area (Å²) in [6.07, 6.45) is 2.21. The first-order valence-electron chi connectivity index (χ1n) is 6.68. The van der Waals surface area contributed by atoms with E-state index in [0.717, 1.165) is 26.4 Å². The lowest BCUT2D eigenvalue weighted by atomic mass is 9.91. The highest BCUT2D eigenvalue weighted by atomic mass is 35.5. The number of rotatable bonds is 5. The van der Waals surface area contributed by atoms with E-state index >= 15 is 0 Å². The van der Waals surface area contributed by atoms with Crippen LogP contribution in [0.15, 0.2) is 47.5 Å². The molecule has 0 radical (unpaired) electrons. The first-order valence-corrected chi connectivity index (χ1v) is 9.93. The van der Waals surface area contributed by atoms with Crippen LogP contribution in [0, 0.1) is 0 Å². The molecule has 1 aromatic carbocycles. The van der Waals surface area contributed by atoms with E-state index in [0.29, 0.717) is 0 Å². The van der Waals surface area contributed by atoms with Crippen molar-refractivity contribution in [1.29, 1.82) is 0 Å². The summed E-state index contributed by atoms with van der Waals surface area (Å²) in [7, 11) is -9.32. The highest BCUT2D eigenvalue weighted by Gasteiger charge is 2.75. The van der Waals surface area contributed by atoms with Gasteiger partial charge in [-0.15, -0.1) is 0 Å². The third-order valence-corrected chi connectivity index (χ3v) is 7.95. The summed E-state index contributed by atoms with van der Waals surface area (Å²) in [6, 6.07) is 7.41. The van der Waals surface area contributed by atoms with Crippen molar-refractivity contribution in [3.05, 3.63) is 53.1 Å². The van der Waals surface area contributed by atoms with Crippen LogP contribution in [-0.4, -0.2) is 50.0 Å². The minimum Gasteiger partial charge on any atom is -0.346 e. The molecule has 11 heteroatoms. The molecule has 2 rings (SSSR count). The van der Waals surface area contributed by atoms with Crippen LogP contribution >= 0.6 is 11.6 Å². The Bertz CT molecular complexity index is 896. The Morgan fingerprint density at radius 2 is 1.40 bits per heavy atom. The van der Waals surface area contributed by atoms with E-state index in [1.54, 1.807) is 6.07 Å². The fraction of sp³-hybridized carbons (Fsp3) is 0.286. The van der Waals surface area contributed by atoms with E-state index in [4.69, 9.17) is 21.1 Å². The molecule has 1 aliphatic carbocycles. The number of halogens is 1. The average molecular weight is 411 g/mol. The van der Waals surface area contributed by atoms with Crippen molar-refractivity contribution in [2.45, 2.75) is 9.87 Å². The fourth-order valence-corrected chi connectivity index (χ4v) is 6.61. The number of ether oxygens (including phenoxy) is 2. The molecule has 1 aromatic rings. The zero-order chi connectivity index (χ0) is 19.1. The highest BCUT2D eigenvalue weighted by molar-refractivity contribution is 8.06. The monoisotopic (exact) mass is 410 g/mol.